The van der Waals surface area contributed by atoms with Crippen LogP contribution in [-0.2, 0) is 6.42 Å². The molecule has 0 aliphatic carbocycles. The van der Waals surface area contributed by atoms with E-state index in [2.05, 4.69) is 20.3 Å². The Morgan fingerprint density at radius 1 is 1.22 bits per heavy atom. The zero-order chi connectivity index (χ0) is 16.1. The standard InChI is InChI=1S/C16H13ClN4OS/c17-12-3-1-11(2-4-12)5-6-20-15(22)14-10-23-16(21-14)13-9-18-7-8-19-13/h1-4,7-10H,5-6H2,(H,20,22). The summed E-state index contributed by atoms with van der Waals surface area (Å²) in [5.41, 5.74) is 2.18. The molecule has 0 saturated carbocycles. The van der Waals surface area contributed by atoms with Gasteiger partial charge in [-0.25, -0.2) is 4.98 Å². The molecule has 1 aromatic carbocycles. The highest BCUT2D eigenvalue weighted by molar-refractivity contribution is 7.13. The van der Waals surface area contributed by atoms with E-state index < -0.39 is 0 Å². The van der Waals surface area contributed by atoms with Gasteiger partial charge < -0.3 is 5.32 Å². The Hall–Kier alpha value is -2.31. The van der Waals surface area contributed by atoms with Crippen LogP contribution in [0, 0.1) is 0 Å². The van der Waals surface area contributed by atoms with Gasteiger partial charge in [0.05, 0.1) is 6.20 Å². The quantitative estimate of drug-likeness (QED) is 0.771. The molecule has 0 spiro atoms. The zero-order valence-electron chi connectivity index (χ0n) is 12.1. The van der Waals surface area contributed by atoms with Gasteiger partial charge in [-0.15, -0.1) is 11.3 Å². The van der Waals surface area contributed by atoms with E-state index in [4.69, 9.17) is 11.6 Å². The number of nitrogens with zero attached hydrogens (tertiary/aromatic N) is 3. The van der Waals surface area contributed by atoms with Gasteiger partial charge in [-0.2, -0.15) is 0 Å². The normalized spacial score (nSPS) is 10.5. The van der Waals surface area contributed by atoms with Crippen molar-refractivity contribution in [2.45, 2.75) is 6.42 Å². The van der Waals surface area contributed by atoms with Crippen LogP contribution in [0.2, 0.25) is 5.02 Å². The zero-order valence-corrected chi connectivity index (χ0v) is 13.6. The van der Waals surface area contributed by atoms with Crippen LogP contribution in [0.4, 0.5) is 0 Å². The summed E-state index contributed by atoms with van der Waals surface area (Å²) in [5.74, 6) is -0.189. The summed E-state index contributed by atoms with van der Waals surface area (Å²) in [6.07, 6.45) is 5.56. The third kappa shape index (κ3) is 4.12. The molecule has 0 aliphatic heterocycles. The van der Waals surface area contributed by atoms with Crippen LogP contribution < -0.4 is 5.32 Å². The van der Waals surface area contributed by atoms with Crippen LogP contribution in [0.5, 0.6) is 0 Å². The summed E-state index contributed by atoms with van der Waals surface area (Å²) in [4.78, 5) is 24.6. The molecule has 2 aromatic heterocycles. The van der Waals surface area contributed by atoms with Gasteiger partial charge in [0, 0.05) is 29.3 Å². The molecule has 0 saturated heterocycles. The number of hydrogen-bond donors (Lipinski definition) is 1. The number of benzene rings is 1. The van der Waals surface area contributed by atoms with Crippen molar-refractivity contribution < 1.29 is 4.79 Å². The summed E-state index contributed by atoms with van der Waals surface area (Å²) >= 11 is 7.22. The highest BCUT2D eigenvalue weighted by Gasteiger charge is 2.12. The number of rotatable bonds is 5. The molecule has 116 valence electrons. The minimum absolute atomic E-state index is 0.189. The maximum Gasteiger partial charge on any atom is 0.270 e. The van der Waals surface area contributed by atoms with E-state index in [1.807, 2.05) is 24.3 Å². The van der Waals surface area contributed by atoms with E-state index in [-0.39, 0.29) is 5.91 Å². The first-order chi connectivity index (χ1) is 11.2. The van der Waals surface area contributed by atoms with Gasteiger partial charge in [0.1, 0.15) is 16.4 Å². The average molecular weight is 345 g/mol. The molecule has 1 amide bonds. The van der Waals surface area contributed by atoms with Crippen LogP contribution in [0.25, 0.3) is 10.7 Å². The lowest BCUT2D eigenvalue weighted by atomic mass is 10.1. The summed E-state index contributed by atoms with van der Waals surface area (Å²) in [6, 6.07) is 7.58. The Kier molecular flexibility index (Phi) is 4.95. The van der Waals surface area contributed by atoms with Crippen LogP contribution in [-0.4, -0.2) is 27.4 Å². The number of aromatic nitrogens is 3. The summed E-state index contributed by atoms with van der Waals surface area (Å²) in [5, 5.41) is 5.97. The van der Waals surface area contributed by atoms with Crippen molar-refractivity contribution in [3.05, 3.63) is 64.5 Å². The van der Waals surface area contributed by atoms with Gasteiger partial charge in [0.2, 0.25) is 0 Å². The number of hydrogen-bond acceptors (Lipinski definition) is 5. The van der Waals surface area contributed by atoms with Crippen molar-refractivity contribution in [2.75, 3.05) is 6.54 Å². The van der Waals surface area contributed by atoms with Gasteiger partial charge in [0.15, 0.2) is 0 Å². The molecule has 7 heteroatoms. The highest BCUT2D eigenvalue weighted by Crippen LogP contribution is 2.20. The van der Waals surface area contributed by atoms with Crippen LogP contribution in [0.3, 0.4) is 0 Å². The van der Waals surface area contributed by atoms with Crippen molar-refractivity contribution in [1.82, 2.24) is 20.3 Å². The lowest BCUT2D eigenvalue weighted by Gasteiger charge is -2.03. The van der Waals surface area contributed by atoms with E-state index in [1.54, 1.807) is 24.0 Å². The third-order valence-corrected chi connectivity index (χ3v) is 4.25. The Labute approximate surface area is 142 Å². The van der Waals surface area contributed by atoms with Gasteiger partial charge in [-0.05, 0) is 24.1 Å². The molecular formula is C16H13ClN4OS. The highest BCUT2D eigenvalue weighted by atomic mass is 35.5. The van der Waals surface area contributed by atoms with Gasteiger partial charge >= 0.3 is 0 Å². The van der Waals surface area contributed by atoms with Crippen LogP contribution >= 0.6 is 22.9 Å². The number of amides is 1. The number of thiazole rings is 1. The van der Waals surface area contributed by atoms with E-state index in [9.17, 15) is 4.79 Å². The summed E-state index contributed by atoms with van der Waals surface area (Å²) < 4.78 is 0. The van der Waals surface area contributed by atoms with E-state index in [0.717, 1.165) is 12.0 Å². The van der Waals surface area contributed by atoms with Crippen LogP contribution in [0.1, 0.15) is 16.1 Å². The number of halogens is 1. The average Bonchev–Trinajstić information content (AvgIpc) is 3.07. The summed E-state index contributed by atoms with van der Waals surface area (Å²) in [6.45, 7) is 0.540. The molecular weight excluding hydrogens is 332 g/mol. The Morgan fingerprint density at radius 2 is 2.04 bits per heavy atom. The minimum atomic E-state index is -0.189. The van der Waals surface area contributed by atoms with E-state index in [1.165, 1.54) is 11.3 Å². The number of nitrogens with one attached hydrogen (secondary N) is 1. The SMILES string of the molecule is O=C(NCCc1ccc(Cl)cc1)c1csc(-c2cnccn2)n1. The minimum Gasteiger partial charge on any atom is -0.350 e. The molecule has 5 nitrogen and oxygen atoms in total. The second-order valence-electron chi connectivity index (χ2n) is 4.76. The monoisotopic (exact) mass is 344 g/mol. The molecule has 0 bridgehead atoms. The summed E-state index contributed by atoms with van der Waals surface area (Å²) in [7, 11) is 0. The van der Waals surface area contributed by atoms with Crippen molar-refractivity contribution in [1.29, 1.82) is 0 Å². The number of carbonyl (C=O) groups is 1. The molecule has 0 aliphatic rings. The van der Waals surface area contributed by atoms with Crippen molar-refractivity contribution >= 4 is 28.8 Å². The lowest BCUT2D eigenvalue weighted by Crippen LogP contribution is -2.25. The Morgan fingerprint density at radius 3 is 2.78 bits per heavy atom. The molecule has 0 fully saturated rings. The predicted octanol–water partition coefficient (Wildman–Crippen LogP) is 3.23. The molecule has 0 radical (unpaired) electrons. The lowest BCUT2D eigenvalue weighted by molar-refractivity contribution is 0.0950. The van der Waals surface area contributed by atoms with Crippen LogP contribution in [0.15, 0.2) is 48.2 Å². The molecule has 3 aromatic rings. The molecule has 23 heavy (non-hydrogen) atoms. The topological polar surface area (TPSA) is 67.8 Å². The second-order valence-corrected chi connectivity index (χ2v) is 6.06. The Balaban J connectivity index is 1.56. The fourth-order valence-corrected chi connectivity index (χ4v) is 2.85. The van der Waals surface area contributed by atoms with E-state index in [0.29, 0.717) is 28.0 Å². The van der Waals surface area contributed by atoms with Crippen molar-refractivity contribution in [3.8, 4) is 10.7 Å². The first kappa shape index (κ1) is 15.6. The van der Waals surface area contributed by atoms with Gasteiger partial charge in [-0.1, -0.05) is 23.7 Å². The maximum atomic E-state index is 12.1. The fraction of sp³-hybridized carbons (Fsp3) is 0.125. The van der Waals surface area contributed by atoms with Gasteiger partial charge in [-0.3, -0.25) is 14.8 Å². The first-order valence-corrected chi connectivity index (χ1v) is 8.23. The fourth-order valence-electron chi connectivity index (χ4n) is 1.97. The van der Waals surface area contributed by atoms with Gasteiger partial charge in [0.25, 0.3) is 5.91 Å². The third-order valence-electron chi connectivity index (χ3n) is 3.13. The predicted molar refractivity (Wildman–Crippen MR) is 90.6 cm³/mol. The van der Waals surface area contributed by atoms with Crippen molar-refractivity contribution in [2.24, 2.45) is 0 Å². The van der Waals surface area contributed by atoms with Crippen molar-refractivity contribution in [3.63, 3.8) is 0 Å². The maximum absolute atomic E-state index is 12.1. The Bertz CT molecular complexity index is 789. The molecule has 0 unspecified atom stereocenters. The molecule has 3 rings (SSSR count). The number of carbonyl (C=O) groups excluding carboxylic acids is 1. The second kappa shape index (κ2) is 7.30. The smallest absolute Gasteiger partial charge is 0.270 e. The molecule has 1 N–H and O–H groups in total. The first-order valence-electron chi connectivity index (χ1n) is 6.97. The molecule has 0 atom stereocenters. The van der Waals surface area contributed by atoms with E-state index >= 15 is 0 Å². The largest absolute Gasteiger partial charge is 0.350 e. The molecule has 2 heterocycles.